The van der Waals surface area contributed by atoms with Gasteiger partial charge in [-0.15, -0.1) is 0 Å². The largest absolute Gasteiger partial charge is 0.507 e. The van der Waals surface area contributed by atoms with Gasteiger partial charge in [-0.3, -0.25) is 14.5 Å². The fourth-order valence-corrected chi connectivity index (χ4v) is 5.96. The lowest BCUT2D eigenvalue weighted by molar-refractivity contribution is -0.132. The average Bonchev–Trinajstić information content (AvgIpc) is 3.51. The van der Waals surface area contributed by atoms with Gasteiger partial charge in [-0.1, -0.05) is 53.3 Å². The van der Waals surface area contributed by atoms with Crippen molar-refractivity contribution in [3.63, 3.8) is 0 Å². The number of nitrogens with zero attached hydrogens (tertiary/aromatic N) is 2. The minimum absolute atomic E-state index is 0.0328. The topological polar surface area (TPSA) is 79.7 Å². The Balaban J connectivity index is 1.53. The first-order chi connectivity index (χ1) is 16.9. The maximum absolute atomic E-state index is 13.4. The highest BCUT2D eigenvalue weighted by atomic mass is 35.5. The molecule has 3 aromatic carbocycles. The van der Waals surface area contributed by atoms with Crippen LogP contribution in [0.2, 0.25) is 5.02 Å². The predicted octanol–water partition coefficient (Wildman–Crippen LogP) is 5.90. The fourth-order valence-electron chi connectivity index (χ4n) is 4.69. The summed E-state index contributed by atoms with van der Waals surface area (Å²) in [4.78, 5) is 32.7. The number of aromatic nitrogens is 1. The Kier molecular flexibility index (Phi) is 5.12. The Morgan fingerprint density at radius 3 is 2.71 bits per heavy atom. The molecule has 35 heavy (non-hydrogen) atoms. The van der Waals surface area contributed by atoms with Crippen LogP contribution in [-0.2, 0) is 16.0 Å². The molecule has 6 nitrogen and oxygen atoms in total. The van der Waals surface area contributed by atoms with Crippen LogP contribution in [0.4, 0.5) is 5.13 Å². The Hall–Kier alpha value is -3.68. The van der Waals surface area contributed by atoms with Gasteiger partial charge in [0.15, 0.2) is 5.13 Å². The monoisotopic (exact) mass is 502 g/mol. The van der Waals surface area contributed by atoms with E-state index in [1.807, 2.05) is 43.3 Å². The molecule has 4 aromatic rings. The third kappa shape index (κ3) is 3.59. The summed E-state index contributed by atoms with van der Waals surface area (Å²) in [7, 11) is 0. The van der Waals surface area contributed by atoms with Gasteiger partial charge in [0, 0.05) is 17.0 Å². The zero-order valence-electron chi connectivity index (χ0n) is 18.6. The molecule has 3 heterocycles. The van der Waals surface area contributed by atoms with Crippen LogP contribution in [-0.4, -0.2) is 27.9 Å². The maximum Gasteiger partial charge on any atom is 0.301 e. The molecule has 1 aromatic heterocycles. The number of Topliss-reactive ketones (excluding diaryl/α,β-unsaturated/α-hetero) is 1. The number of ketones is 1. The van der Waals surface area contributed by atoms with Crippen LogP contribution in [0.3, 0.4) is 0 Å². The first-order valence-corrected chi connectivity index (χ1v) is 12.3. The molecule has 0 radical (unpaired) electrons. The van der Waals surface area contributed by atoms with E-state index < -0.39 is 17.7 Å². The Labute approximate surface area is 210 Å². The third-order valence-electron chi connectivity index (χ3n) is 6.27. The number of carbonyl (C=O) groups excluding carboxylic acids is 2. The Bertz CT molecular complexity index is 1550. The lowest BCUT2D eigenvalue weighted by Crippen LogP contribution is -2.29. The number of amides is 1. The van der Waals surface area contributed by atoms with Gasteiger partial charge in [-0.25, -0.2) is 4.98 Å². The van der Waals surface area contributed by atoms with E-state index in [0.717, 1.165) is 16.0 Å². The molecule has 0 bridgehead atoms. The number of rotatable bonds is 3. The van der Waals surface area contributed by atoms with Crippen LogP contribution in [0.25, 0.3) is 16.0 Å². The summed E-state index contributed by atoms with van der Waals surface area (Å²) in [5, 5.41) is 12.3. The molecule has 174 valence electrons. The van der Waals surface area contributed by atoms with Crippen LogP contribution in [0.1, 0.15) is 29.7 Å². The van der Waals surface area contributed by atoms with E-state index >= 15 is 0 Å². The van der Waals surface area contributed by atoms with Gasteiger partial charge in [0.1, 0.15) is 17.6 Å². The molecular formula is C27H19ClN2O4S. The standard InChI is InChI=1S/C27H19ClN2O4S/c1-14-11-17-12-16(7-10-20(17)34-14)24(31)22-23(15-5-3-2-4-6-15)30(26(33)25(22)32)27-29-19-9-8-18(28)13-21(19)35-27/h2-10,12-14,23,31H,11H2,1H3. The van der Waals surface area contributed by atoms with Crippen molar-refractivity contribution >= 4 is 55.7 Å². The normalized spacial score (nSPS) is 20.9. The van der Waals surface area contributed by atoms with Gasteiger partial charge in [0.05, 0.1) is 21.8 Å². The lowest BCUT2D eigenvalue weighted by Gasteiger charge is -2.23. The number of carbonyl (C=O) groups is 2. The molecule has 1 amide bonds. The van der Waals surface area contributed by atoms with Gasteiger partial charge >= 0.3 is 5.91 Å². The molecule has 6 rings (SSSR count). The molecule has 2 atom stereocenters. The number of aliphatic hydroxyl groups excluding tert-OH is 1. The lowest BCUT2D eigenvalue weighted by atomic mass is 9.94. The van der Waals surface area contributed by atoms with Gasteiger partial charge in [0.25, 0.3) is 5.78 Å². The van der Waals surface area contributed by atoms with E-state index in [1.54, 1.807) is 30.3 Å². The summed E-state index contributed by atoms with van der Waals surface area (Å²) in [6.45, 7) is 1.98. The minimum atomic E-state index is -0.823. The molecule has 0 aliphatic carbocycles. The quantitative estimate of drug-likeness (QED) is 0.214. The van der Waals surface area contributed by atoms with Crippen LogP contribution in [0.15, 0.2) is 72.3 Å². The fraction of sp³-hybridized carbons (Fsp3) is 0.148. The first kappa shape index (κ1) is 21.8. The van der Waals surface area contributed by atoms with Gasteiger partial charge in [-0.05, 0) is 54.4 Å². The number of halogens is 1. The van der Waals surface area contributed by atoms with Crippen LogP contribution in [0.5, 0.6) is 5.75 Å². The molecule has 2 aliphatic heterocycles. The summed E-state index contributed by atoms with van der Waals surface area (Å²) in [5.74, 6) is -0.934. The Morgan fingerprint density at radius 1 is 1.11 bits per heavy atom. The summed E-state index contributed by atoms with van der Waals surface area (Å²) in [6, 6.07) is 19.0. The maximum atomic E-state index is 13.4. The number of thiazole rings is 1. The third-order valence-corrected chi connectivity index (χ3v) is 7.53. The second kappa shape index (κ2) is 8.22. The van der Waals surface area contributed by atoms with E-state index in [0.29, 0.717) is 33.2 Å². The van der Waals surface area contributed by atoms with Crippen molar-refractivity contribution < 1.29 is 19.4 Å². The predicted molar refractivity (Wildman–Crippen MR) is 136 cm³/mol. The van der Waals surface area contributed by atoms with E-state index in [9.17, 15) is 14.7 Å². The molecule has 1 saturated heterocycles. The van der Waals surface area contributed by atoms with Crippen molar-refractivity contribution in [2.24, 2.45) is 0 Å². The zero-order chi connectivity index (χ0) is 24.3. The molecule has 2 unspecified atom stereocenters. The van der Waals surface area contributed by atoms with E-state index in [-0.39, 0.29) is 17.4 Å². The molecule has 1 fully saturated rings. The second-order valence-corrected chi connectivity index (χ2v) is 10.1. The number of ether oxygens (including phenoxy) is 1. The van der Waals surface area contributed by atoms with Crippen molar-refractivity contribution in [1.82, 2.24) is 4.98 Å². The van der Waals surface area contributed by atoms with Crippen molar-refractivity contribution in [1.29, 1.82) is 0 Å². The van der Waals surface area contributed by atoms with Crippen molar-refractivity contribution in [2.45, 2.75) is 25.5 Å². The molecule has 0 saturated carbocycles. The SMILES string of the molecule is CC1Cc2cc(C(O)=C3C(=O)C(=O)N(c4nc5ccc(Cl)cc5s4)C3c3ccccc3)ccc2O1. The highest BCUT2D eigenvalue weighted by molar-refractivity contribution is 7.22. The van der Waals surface area contributed by atoms with Crippen molar-refractivity contribution in [2.75, 3.05) is 4.90 Å². The second-order valence-electron chi connectivity index (χ2n) is 8.64. The van der Waals surface area contributed by atoms with E-state index in [1.165, 1.54) is 16.2 Å². The number of hydrogen-bond acceptors (Lipinski definition) is 6. The molecular weight excluding hydrogens is 484 g/mol. The van der Waals surface area contributed by atoms with Gasteiger partial charge in [-0.2, -0.15) is 0 Å². The summed E-state index contributed by atoms with van der Waals surface area (Å²) in [5.41, 5.74) is 2.83. The van der Waals surface area contributed by atoms with E-state index in [4.69, 9.17) is 16.3 Å². The highest BCUT2D eigenvalue weighted by Crippen LogP contribution is 2.45. The van der Waals surface area contributed by atoms with E-state index in [2.05, 4.69) is 4.98 Å². The number of fused-ring (bicyclic) bond motifs is 2. The zero-order valence-corrected chi connectivity index (χ0v) is 20.1. The van der Waals surface area contributed by atoms with Crippen molar-refractivity contribution in [3.05, 3.63) is 94.0 Å². The Morgan fingerprint density at radius 2 is 1.91 bits per heavy atom. The summed E-state index contributed by atoms with van der Waals surface area (Å²) in [6.07, 6.45) is 0.756. The molecule has 2 aliphatic rings. The molecule has 0 spiro atoms. The molecule has 1 N–H and O–H groups in total. The summed E-state index contributed by atoms with van der Waals surface area (Å²) < 4.78 is 6.56. The van der Waals surface area contributed by atoms with Crippen LogP contribution in [0, 0.1) is 0 Å². The number of aliphatic hydroxyl groups is 1. The van der Waals surface area contributed by atoms with Crippen LogP contribution < -0.4 is 9.64 Å². The average molecular weight is 503 g/mol. The van der Waals surface area contributed by atoms with Crippen molar-refractivity contribution in [3.8, 4) is 5.75 Å². The molecule has 8 heteroatoms. The van der Waals surface area contributed by atoms with Crippen LogP contribution >= 0.6 is 22.9 Å². The minimum Gasteiger partial charge on any atom is -0.507 e. The highest BCUT2D eigenvalue weighted by Gasteiger charge is 2.48. The van der Waals surface area contributed by atoms with Gasteiger partial charge in [0.2, 0.25) is 0 Å². The summed E-state index contributed by atoms with van der Waals surface area (Å²) >= 11 is 7.42. The van der Waals surface area contributed by atoms with Gasteiger partial charge < -0.3 is 9.84 Å². The number of anilines is 1. The number of benzene rings is 3. The smallest absolute Gasteiger partial charge is 0.301 e. The first-order valence-electron chi connectivity index (χ1n) is 11.1. The number of hydrogen-bond donors (Lipinski definition) is 1.